The molecule has 0 saturated carbocycles. The Morgan fingerprint density at radius 2 is 2.43 bits per heavy atom. The normalized spacial score (nSPS) is 10.8. The van der Waals surface area contributed by atoms with Crippen molar-refractivity contribution in [2.24, 2.45) is 11.7 Å². The predicted molar refractivity (Wildman–Crippen MR) is 58.1 cm³/mol. The zero-order valence-electron chi connectivity index (χ0n) is 8.40. The smallest absolute Gasteiger partial charge is 0.151 e. The lowest BCUT2D eigenvalue weighted by atomic mass is 10.2. The second kappa shape index (κ2) is 4.99. The molecule has 0 aliphatic carbocycles. The standard InChI is InChI=1S/C8H15N5S/c1-6(2)3-13-7(11-5-12-13)4-14-8(9)10/h5-6H,3-4H2,1-2H3,(H3,9,10). The first kappa shape index (κ1) is 11.0. The molecule has 5 nitrogen and oxygen atoms in total. The largest absolute Gasteiger partial charge is 0.379 e. The van der Waals surface area contributed by atoms with Gasteiger partial charge >= 0.3 is 0 Å². The Labute approximate surface area is 87.6 Å². The summed E-state index contributed by atoms with van der Waals surface area (Å²) in [5, 5.41) is 11.3. The molecule has 14 heavy (non-hydrogen) atoms. The summed E-state index contributed by atoms with van der Waals surface area (Å²) in [5.74, 6) is 2.03. The van der Waals surface area contributed by atoms with E-state index >= 15 is 0 Å². The Bertz CT molecular complexity index is 306. The monoisotopic (exact) mass is 213 g/mol. The van der Waals surface area contributed by atoms with E-state index in [1.165, 1.54) is 11.8 Å². The maximum Gasteiger partial charge on any atom is 0.151 e. The van der Waals surface area contributed by atoms with Gasteiger partial charge in [-0.1, -0.05) is 25.6 Å². The Morgan fingerprint density at radius 1 is 1.71 bits per heavy atom. The third-order valence-corrected chi connectivity index (χ3v) is 2.30. The highest BCUT2D eigenvalue weighted by atomic mass is 32.2. The van der Waals surface area contributed by atoms with Crippen molar-refractivity contribution in [1.82, 2.24) is 14.8 Å². The van der Waals surface area contributed by atoms with E-state index in [-0.39, 0.29) is 5.17 Å². The van der Waals surface area contributed by atoms with Crippen LogP contribution in [-0.4, -0.2) is 19.9 Å². The first-order valence-corrected chi connectivity index (χ1v) is 5.41. The van der Waals surface area contributed by atoms with Gasteiger partial charge in [-0.05, 0) is 5.92 Å². The Morgan fingerprint density at radius 3 is 3.00 bits per heavy atom. The molecule has 0 aromatic carbocycles. The average Bonchev–Trinajstić information content (AvgIpc) is 2.47. The van der Waals surface area contributed by atoms with E-state index in [1.54, 1.807) is 6.33 Å². The number of rotatable bonds is 4. The molecule has 3 N–H and O–H groups in total. The highest BCUT2D eigenvalue weighted by Gasteiger charge is 2.06. The number of nitrogens with one attached hydrogen (secondary N) is 1. The fourth-order valence-electron chi connectivity index (χ4n) is 1.04. The lowest BCUT2D eigenvalue weighted by Gasteiger charge is -2.07. The number of thioether (sulfide) groups is 1. The van der Waals surface area contributed by atoms with Crippen molar-refractivity contribution in [2.75, 3.05) is 0 Å². The van der Waals surface area contributed by atoms with Crippen molar-refractivity contribution in [3.63, 3.8) is 0 Å². The van der Waals surface area contributed by atoms with Gasteiger partial charge < -0.3 is 5.73 Å². The summed E-state index contributed by atoms with van der Waals surface area (Å²) in [4.78, 5) is 4.12. The zero-order chi connectivity index (χ0) is 10.6. The van der Waals surface area contributed by atoms with Crippen LogP contribution in [0.25, 0.3) is 0 Å². The summed E-state index contributed by atoms with van der Waals surface area (Å²) in [6.45, 7) is 5.11. The second-order valence-electron chi connectivity index (χ2n) is 3.41. The van der Waals surface area contributed by atoms with Crippen LogP contribution in [-0.2, 0) is 12.3 Å². The van der Waals surface area contributed by atoms with Gasteiger partial charge in [0.15, 0.2) is 5.17 Å². The van der Waals surface area contributed by atoms with Gasteiger partial charge in [-0.2, -0.15) is 5.10 Å². The van der Waals surface area contributed by atoms with Gasteiger partial charge in [-0.25, -0.2) is 9.67 Å². The van der Waals surface area contributed by atoms with Gasteiger partial charge in [0.2, 0.25) is 0 Å². The lowest BCUT2D eigenvalue weighted by Crippen LogP contribution is -2.11. The van der Waals surface area contributed by atoms with Crippen molar-refractivity contribution in [3.8, 4) is 0 Å². The van der Waals surface area contributed by atoms with E-state index in [0.717, 1.165) is 12.4 Å². The fourth-order valence-corrected chi connectivity index (χ4v) is 1.55. The van der Waals surface area contributed by atoms with Gasteiger partial charge in [0.1, 0.15) is 12.2 Å². The third-order valence-electron chi connectivity index (χ3n) is 1.59. The maximum atomic E-state index is 7.09. The second-order valence-corrected chi connectivity index (χ2v) is 4.42. The molecule has 78 valence electrons. The van der Waals surface area contributed by atoms with E-state index in [1.807, 2.05) is 4.68 Å². The molecule has 6 heteroatoms. The molecule has 0 saturated heterocycles. The molecule has 0 fully saturated rings. The summed E-state index contributed by atoms with van der Waals surface area (Å²) in [6, 6.07) is 0. The topological polar surface area (TPSA) is 80.6 Å². The van der Waals surface area contributed by atoms with E-state index in [9.17, 15) is 0 Å². The van der Waals surface area contributed by atoms with Gasteiger partial charge in [0.25, 0.3) is 0 Å². The van der Waals surface area contributed by atoms with Gasteiger partial charge in [0.05, 0.1) is 5.75 Å². The molecule has 1 rings (SSSR count). The SMILES string of the molecule is CC(C)Cn1ncnc1CSC(=N)N. The molecule has 0 unspecified atom stereocenters. The summed E-state index contributed by atoms with van der Waals surface area (Å²) in [6.07, 6.45) is 1.54. The molecule has 0 aliphatic rings. The molecular weight excluding hydrogens is 198 g/mol. The quantitative estimate of drug-likeness (QED) is 0.579. The number of nitrogens with two attached hydrogens (primary N) is 1. The minimum atomic E-state index is 0.115. The van der Waals surface area contributed by atoms with Crippen LogP contribution in [0, 0.1) is 11.3 Å². The van der Waals surface area contributed by atoms with Crippen molar-refractivity contribution in [2.45, 2.75) is 26.1 Å². The first-order valence-electron chi connectivity index (χ1n) is 4.43. The number of hydrogen-bond donors (Lipinski definition) is 2. The summed E-state index contributed by atoms with van der Waals surface area (Å²) >= 11 is 1.27. The Kier molecular flexibility index (Phi) is 3.94. The molecule has 0 atom stereocenters. The van der Waals surface area contributed by atoms with E-state index in [4.69, 9.17) is 11.1 Å². The first-order chi connectivity index (χ1) is 6.59. The van der Waals surface area contributed by atoms with Crippen molar-refractivity contribution in [3.05, 3.63) is 12.2 Å². The van der Waals surface area contributed by atoms with Crippen LogP contribution >= 0.6 is 11.8 Å². The number of amidine groups is 1. The molecule has 0 aliphatic heterocycles. The van der Waals surface area contributed by atoms with Crippen LogP contribution in [0.1, 0.15) is 19.7 Å². The van der Waals surface area contributed by atoms with Crippen LogP contribution in [0.2, 0.25) is 0 Å². The summed E-state index contributed by atoms with van der Waals surface area (Å²) < 4.78 is 1.86. The number of aromatic nitrogens is 3. The number of nitrogens with zero attached hydrogens (tertiary/aromatic N) is 3. The average molecular weight is 213 g/mol. The van der Waals surface area contributed by atoms with Gasteiger partial charge in [0, 0.05) is 6.54 Å². The minimum absolute atomic E-state index is 0.115. The molecule has 0 spiro atoms. The summed E-state index contributed by atoms with van der Waals surface area (Å²) in [7, 11) is 0. The Hall–Kier alpha value is -1.04. The van der Waals surface area contributed by atoms with E-state index in [0.29, 0.717) is 11.7 Å². The predicted octanol–water partition coefficient (Wildman–Crippen LogP) is 1.06. The van der Waals surface area contributed by atoms with Crippen molar-refractivity contribution >= 4 is 16.9 Å². The minimum Gasteiger partial charge on any atom is -0.379 e. The molecule has 1 heterocycles. The van der Waals surface area contributed by atoms with Crippen molar-refractivity contribution in [1.29, 1.82) is 5.41 Å². The molecule has 0 amide bonds. The summed E-state index contributed by atoms with van der Waals surface area (Å²) in [5.41, 5.74) is 5.25. The van der Waals surface area contributed by atoms with Crippen LogP contribution in [0.4, 0.5) is 0 Å². The molecule has 1 aromatic rings. The van der Waals surface area contributed by atoms with Crippen LogP contribution in [0.15, 0.2) is 6.33 Å². The zero-order valence-corrected chi connectivity index (χ0v) is 9.21. The van der Waals surface area contributed by atoms with Crippen LogP contribution in [0.5, 0.6) is 0 Å². The Balaban J connectivity index is 2.58. The van der Waals surface area contributed by atoms with Crippen LogP contribution < -0.4 is 5.73 Å². The molecule has 0 bridgehead atoms. The molecule has 0 radical (unpaired) electrons. The van der Waals surface area contributed by atoms with Gasteiger partial charge in [-0.3, -0.25) is 5.41 Å². The maximum absolute atomic E-state index is 7.09. The lowest BCUT2D eigenvalue weighted by molar-refractivity contribution is 0.472. The van der Waals surface area contributed by atoms with E-state index < -0.39 is 0 Å². The van der Waals surface area contributed by atoms with E-state index in [2.05, 4.69) is 23.9 Å². The van der Waals surface area contributed by atoms with Gasteiger partial charge in [-0.15, -0.1) is 0 Å². The fraction of sp³-hybridized carbons (Fsp3) is 0.625. The third kappa shape index (κ3) is 3.37. The van der Waals surface area contributed by atoms with Crippen LogP contribution in [0.3, 0.4) is 0 Å². The number of hydrogen-bond acceptors (Lipinski definition) is 4. The molecule has 1 aromatic heterocycles. The van der Waals surface area contributed by atoms with Crippen molar-refractivity contribution < 1.29 is 0 Å². The highest BCUT2D eigenvalue weighted by Crippen LogP contribution is 2.09. The molecular formula is C8H15N5S. The highest BCUT2D eigenvalue weighted by molar-refractivity contribution is 8.12.